The number of nitrogens with one attached hydrogen (secondary N) is 2. The van der Waals surface area contributed by atoms with E-state index < -0.39 is 35.6 Å². The summed E-state index contributed by atoms with van der Waals surface area (Å²) in [6.45, 7) is 11.0. The van der Waals surface area contributed by atoms with Gasteiger partial charge in [0.1, 0.15) is 17.7 Å². The Labute approximate surface area is 236 Å². The van der Waals surface area contributed by atoms with Crippen LogP contribution in [0.4, 0.5) is 10.5 Å². The van der Waals surface area contributed by atoms with Gasteiger partial charge in [0.05, 0.1) is 0 Å². The van der Waals surface area contributed by atoms with Gasteiger partial charge in [-0.1, -0.05) is 47.5 Å². The first-order valence-corrected chi connectivity index (χ1v) is 13.8. The Morgan fingerprint density at radius 3 is 2.17 bits per heavy atom. The van der Waals surface area contributed by atoms with Crippen molar-refractivity contribution >= 4 is 29.5 Å². The summed E-state index contributed by atoms with van der Waals surface area (Å²) >= 11 is 0. The van der Waals surface area contributed by atoms with Crippen molar-refractivity contribution in [2.75, 3.05) is 5.32 Å². The summed E-state index contributed by atoms with van der Waals surface area (Å²) in [6.07, 6.45) is 1.44. The summed E-state index contributed by atoms with van der Waals surface area (Å²) < 4.78 is 5.41. The number of ether oxygens (including phenoxy) is 1. The van der Waals surface area contributed by atoms with Crippen LogP contribution in [0.15, 0.2) is 42.5 Å². The van der Waals surface area contributed by atoms with Crippen molar-refractivity contribution in [2.24, 2.45) is 5.73 Å². The molecule has 0 radical (unpaired) electrons. The molecule has 9 heteroatoms. The number of rotatable bonds is 10. The highest BCUT2D eigenvalue weighted by Crippen LogP contribution is 2.35. The van der Waals surface area contributed by atoms with Gasteiger partial charge >= 0.3 is 6.09 Å². The summed E-state index contributed by atoms with van der Waals surface area (Å²) in [7, 11) is 0. The fourth-order valence-corrected chi connectivity index (χ4v) is 4.88. The Morgan fingerprint density at radius 2 is 1.65 bits per heavy atom. The molecule has 0 bridgehead atoms. The van der Waals surface area contributed by atoms with Gasteiger partial charge in [0, 0.05) is 18.2 Å². The topological polar surface area (TPSA) is 131 Å². The van der Waals surface area contributed by atoms with E-state index in [-0.39, 0.29) is 24.8 Å². The van der Waals surface area contributed by atoms with Gasteiger partial charge in [0.15, 0.2) is 0 Å². The first kappa shape index (κ1) is 30.7. The van der Waals surface area contributed by atoms with Crippen LogP contribution < -0.4 is 16.4 Å². The summed E-state index contributed by atoms with van der Waals surface area (Å²) in [5, 5.41) is 5.68. The average Bonchev–Trinajstić information content (AvgIpc) is 2.79. The van der Waals surface area contributed by atoms with Gasteiger partial charge in [-0.25, -0.2) is 4.79 Å². The molecular weight excluding hydrogens is 508 g/mol. The number of amides is 4. The van der Waals surface area contributed by atoms with E-state index in [1.54, 1.807) is 25.7 Å². The second kappa shape index (κ2) is 13.0. The molecule has 9 nitrogen and oxygen atoms in total. The molecule has 2 atom stereocenters. The van der Waals surface area contributed by atoms with Crippen LogP contribution in [-0.4, -0.2) is 46.4 Å². The van der Waals surface area contributed by atoms with Gasteiger partial charge in [-0.15, -0.1) is 0 Å². The van der Waals surface area contributed by atoms with Crippen LogP contribution in [-0.2, 0) is 19.1 Å². The van der Waals surface area contributed by atoms with Crippen molar-refractivity contribution in [1.82, 2.24) is 10.2 Å². The van der Waals surface area contributed by atoms with Gasteiger partial charge in [0.25, 0.3) is 5.91 Å². The highest BCUT2D eigenvalue weighted by atomic mass is 16.6. The van der Waals surface area contributed by atoms with Crippen molar-refractivity contribution < 1.29 is 23.9 Å². The number of anilines is 1. The number of para-hydroxylation sites is 1. The van der Waals surface area contributed by atoms with E-state index in [1.807, 2.05) is 63.2 Å². The van der Waals surface area contributed by atoms with Gasteiger partial charge in [-0.2, -0.15) is 0 Å². The second-order valence-electron chi connectivity index (χ2n) is 11.7. The maximum Gasteiger partial charge on any atom is 0.408 e. The number of aryl methyl sites for hydroxylation is 3. The lowest BCUT2D eigenvalue weighted by Crippen LogP contribution is -2.57. The molecule has 1 saturated carbocycles. The van der Waals surface area contributed by atoms with Gasteiger partial charge in [-0.05, 0) is 84.4 Å². The largest absolute Gasteiger partial charge is 0.444 e. The Kier molecular flexibility index (Phi) is 9.95. The highest BCUT2D eigenvalue weighted by Gasteiger charge is 2.42. The van der Waals surface area contributed by atoms with E-state index in [1.165, 1.54) is 0 Å². The molecule has 0 aromatic heterocycles. The number of carbonyl (C=O) groups is 4. The van der Waals surface area contributed by atoms with E-state index in [9.17, 15) is 19.2 Å². The lowest BCUT2D eigenvalue weighted by molar-refractivity contribution is -0.146. The third-order valence-corrected chi connectivity index (χ3v) is 6.88. The Hall–Kier alpha value is -3.88. The second-order valence-corrected chi connectivity index (χ2v) is 11.7. The molecule has 2 unspecified atom stereocenters. The molecule has 3 rings (SSSR count). The number of benzene rings is 2. The van der Waals surface area contributed by atoms with Crippen LogP contribution in [0.2, 0.25) is 0 Å². The minimum atomic E-state index is -1.11. The molecule has 40 heavy (non-hydrogen) atoms. The third-order valence-electron chi connectivity index (χ3n) is 6.88. The van der Waals surface area contributed by atoms with E-state index in [0.717, 1.165) is 36.0 Å². The van der Waals surface area contributed by atoms with Crippen LogP contribution in [0.5, 0.6) is 0 Å². The lowest BCUT2D eigenvalue weighted by atomic mass is 9.87. The fraction of sp³-hybridized carbons (Fsp3) is 0.484. The van der Waals surface area contributed by atoms with Crippen molar-refractivity contribution in [1.29, 1.82) is 0 Å². The molecule has 2 aromatic carbocycles. The molecule has 216 valence electrons. The Bertz CT molecular complexity index is 1230. The molecule has 4 N–H and O–H groups in total. The molecule has 1 fully saturated rings. The number of alkyl carbamates (subject to hydrolysis) is 1. The first-order valence-electron chi connectivity index (χ1n) is 13.8. The zero-order valence-corrected chi connectivity index (χ0v) is 24.4. The molecule has 0 spiro atoms. The summed E-state index contributed by atoms with van der Waals surface area (Å²) in [4.78, 5) is 54.4. The molecule has 0 saturated heterocycles. The lowest BCUT2D eigenvalue weighted by Gasteiger charge is -2.43. The monoisotopic (exact) mass is 550 g/mol. The van der Waals surface area contributed by atoms with Crippen molar-refractivity contribution in [3.63, 3.8) is 0 Å². The highest BCUT2D eigenvalue weighted by molar-refractivity contribution is 5.99. The van der Waals surface area contributed by atoms with Crippen LogP contribution in [0.1, 0.15) is 81.2 Å². The maximum atomic E-state index is 14.3. The SMILES string of the molecule is Cc1cc(C)cc(C(C(=O)Nc2ccccc2C)N(C(=O)C(CCC(N)=O)NC(=O)OC(C)(C)C)C2CCC2)c1. The minimum absolute atomic E-state index is 0.0182. The molecule has 2 aromatic rings. The average molecular weight is 551 g/mol. The molecule has 1 aliphatic rings. The minimum Gasteiger partial charge on any atom is -0.444 e. The smallest absolute Gasteiger partial charge is 0.408 e. The first-order chi connectivity index (χ1) is 18.7. The fourth-order valence-electron chi connectivity index (χ4n) is 4.88. The molecule has 0 aliphatic heterocycles. The van der Waals surface area contributed by atoms with Crippen molar-refractivity contribution in [3.05, 3.63) is 64.7 Å². The quantitative estimate of drug-likeness (QED) is 0.390. The van der Waals surface area contributed by atoms with Crippen LogP contribution in [0.3, 0.4) is 0 Å². The maximum absolute atomic E-state index is 14.3. The summed E-state index contributed by atoms with van der Waals surface area (Å²) in [5.41, 5.74) is 8.76. The van der Waals surface area contributed by atoms with E-state index in [4.69, 9.17) is 10.5 Å². The predicted octanol–water partition coefficient (Wildman–Crippen LogP) is 4.83. The third kappa shape index (κ3) is 8.31. The molecular formula is C31H42N4O5. The van der Waals surface area contributed by atoms with Crippen LogP contribution in [0, 0.1) is 20.8 Å². The standard InChI is InChI=1S/C31H42N4O5/c1-19-16-20(2)18-22(17-19)27(28(37)33-24-13-8-7-10-21(24)3)35(23-11-9-12-23)29(38)25(14-15-26(32)36)34-30(39)40-31(4,5)6/h7-8,10,13,16-18,23,25,27H,9,11-12,14-15H2,1-6H3,(H2,32,36)(H,33,37)(H,34,39). The zero-order valence-electron chi connectivity index (χ0n) is 24.4. The Balaban J connectivity index is 2.06. The van der Waals surface area contributed by atoms with E-state index in [2.05, 4.69) is 10.6 Å². The number of nitrogens with two attached hydrogens (primary N) is 1. The molecule has 0 heterocycles. The normalized spacial score (nSPS) is 14.8. The molecule has 1 aliphatic carbocycles. The van der Waals surface area contributed by atoms with Crippen LogP contribution >= 0.6 is 0 Å². The van der Waals surface area contributed by atoms with Gasteiger partial charge in [-0.3, -0.25) is 14.4 Å². The van der Waals surface area contributed by atoms with E-state index >= 15 is 0 Å². The number of hydrogen-bond donors (Lipinski definition) is 3. The van der Waals surface area contributed by atoms with Gasteiger partial charge < -0.3 is 26.0 Å². The summed E-state index contributed by atoms with van der Waals surface area (Å²) in [5.74, 6) is -1.41. The number of nitrogens with zero attached hydrogens (tertiary/aromatic N) is 1. The van der Waals surface area contributed by atoms with Gasteiger partial charge in [0.2, 0.25) is 11.8 Å². The zero-order chi connectivity index (χ0) is 29.6. The summed E-state index contributed by atoms with van der Waals surface area (Å²) in [6, 6.07) is 11.0. The van der Waals surface area contributed by atoms with Crippen molar-refractivity contribution in [2.45, 2.75) is 97.4 Å². The van der Waals surface area contributed by atoms with E-state index in [0.29, 0.717) is 11.3 Å². The number of carbonyl (C=O) groups excluding carboxylic acids is 4. The Morgan fingerprint density at radius 1 is 1.02 bits per heavy atom. The number of hydrogen-bond acceptors (Lipinski definition) is 5. The van der Waals surface area contributed by atoms with Crippen molar-refractivity contribution in [3.8, 4) is 0 Å². The predicted molar refractivity (Wildman–Crippen MR) is 155 cm³/mol. The number of primary amides is 1. The van der Waals surface area contributed by atoms with Crippen LogP contribution in [0.25, 0.3) is 0 Å². The molecule has 4 amide bonds.